The Morgan fingerprint density at radius 3 is 2.81 bits per heavy atom. The maximum absolute atomic E-state index is 12.8. The van der Waals surface area contributed by atoms with Crippen molar-refractivity contribution in [2.75, 3.05) is 51.5 Å². The fourth-order valence-electron chi connectivity index (χ4n) is 4.64. The monoisotopic (exact) mass is 439 g/mol. The Kier molecular flexibility index (Phi) is 6.03. The topological polar surface area (TPSA) is 73.4 Å². The maximum Gasteiger partial charge on any atom is 0.225 e. The molecule has 1 aromatic heterocycles. The van der Waals surface area contributed by atoms with Gasteiger partial charge in [0.05, 0.1) is 25.9 Å². The van der Waals surface area contributed by atoms with E-state index in [2.05, 4.69) is 9.88 Å². The lowest BCUT2D eigenvalue weighted by molar-refractivity contribution is -0.137. The van der Waals surface area contributed by atoms with Crippen LogP contribution in [0.5, 0.6) is 17.4 Å². The second kappa shape index (κ2) is 9.24. The van der Waals surface area contributed by atoms with Gasteiger partial charge in [0.25, 0.3) is 0 Å². The standard InChI is InChI=1S/C24H29N3O5/c1-29-23-14-18(4-8-25-23)27-10-13-31-22-3-2-19(15-21(22)27)32-20-5-9-26(16-20)24(28)17-6-11-30-12-7-17/h2-4,8,14-15,17,20H,5-7,9-13,16H2,1H3/t20-/m0/s1. The quantitative estimate of drug-likeness (QED) is 0.709. The number of carbonyl (C=O) groups is 1. The molecular formula is C24H29N3O5. The van der Waals surface area contributed by atoms with Gasteiger partial charge in [-0.25, -0.2) is 4.98 Å². The van der Waals surface area contributed by atoms with Crippen molar-refractivity contribution < 1.29 is 23.7 Å². The van der Waals surface area contributed by atoms with Crippen LogP contribution in [-0.4, -0.2) is 68.5 Å². The highest BCUT2D eigenvalue weighted by Gasteiger charge is 2.33. The number of pyridine rings is 1. The Balaban J connectivity index is 1.28. The molecule has 32 heavy (non-hydrogen) atoms. The molecule has 3 aliphatic rings. The van der Waals surface area contributed by atoms with E-state index in [0.29, 0.717) is 32.2 Å². The lowest BCUT2D eigenvalue weighted by Gasteiger charge is -2.32. The van der Waals surface area contributed by atoms with Gasteiger partial charge in [-0.1, -0.05) is 0 Å². The summed E-state index contributed by atoms with van der Waals surface area (Å²) in [6.07, 6.45) is 4.22. The zero-order valence-corrected chi connectivity index (χ0v) is 18.4. The minimum atomic E-state index is -0.00387. The fourth-order valence-corrected chi connectivity index (χ4v) is 4.64. The van der Waals surface area contributed by atoms with Crippen LogP contribution < -0.4 is 19.1 Å². The molecule has 0 saturated carbocycles. The van der Waals surface area contributed by atoms with Crippen LogP contribution in [0, 0.1) is 5.92 Å². The van der Waals surface area contributed by atoms with Gasteiger partial charge < -0.3 is 28.7 Å². The van der Waals surface area contributed by atoms with Crippen LogP contribution in [0.1, 0.15) is 19.3 Å². The molecule has 1 amide bonds. The van der Waals surface area contributed by atoms with Gasteiger partial charge in [-0.3, -0.25) is 4.79 Å². The Labute approximate surface area is 188 Å². The fraction of sp³-hybridized carbons (Fsp3) is 0.500. The number of benzene rings is 1. The molecule has 3 aliphatic heterocycles. The van der Waals surface area contributed by atoms with Crippen LogP contribution in [0.25, 0.3) is 0 Å². The number of methoxy groups -OCH3 is 1. The van der Waals surface area contributed by atoms with E-state index < -0.39 is 0 Å². The summed E-state index contributed by atoms with van der Waals surface area (Å²) in [7, 11) is 1.61. The highest BCUT2D eigenvalue weighted by Crippen LogP contribution is 2.40. The molecule has 2 fully saturated rings. The molecule has 5 rings (SSSR count). The molecule has 8 nitrogen and oxygen atoms in total. The number of fused-ring (bicyclic) bond motifs is 1. The number of hydrogen-bond acceptors (Lipinski definition) is 7. The van der Waals surface area contributed by atoms with Crippen molar-refractivity contribution in [2.24, 2.45) is 5.92 Å². The molecule has 8 heteroatoms. The van der Waals surface area contributed by atoms with Gasteiger partial charge in [-0.15, -0.1) is 0 Å². The summed E-state index contributed by atoms with van der Waals surface area (Å²) < 4.78 is 22.8. The number of ether oxygens (including phenoxy) is 4. The second-order valence-corrected chi connectivity index (χ2v) is 8.39. The van der Waals surface area contributed by atoms with Gasteiger partial charge in [0.1, 0.15) is 24.2 Å². The summed E-state index contributed by atoms with van der Waals surface area (Å²) in [4.78, 5) is 21.2. The summed E-state index contributed by atoms with van der Waals surface area (Å²) >= 11 is 0. The van der Waals surface area contributed by atoms with Crippen molar-refractivity contribution in [1.29, 1.82) is 0 Å². The third kappa shape index (κ3) is 4.32. The van der Waals surface area contributed by atoms with E-state index in [1.54, 1.807) is 13.3 Å². The summed E-state index contributed by atoms with van der Waals surface area (Å²) in [5.41, 5.74) is 1.95. The molecule has 0 unspecified atom stereocenters. The van der Waals surface area contributed by atoms with E-state index in [4.69, 9.17) is 18.9 Å². The molecule has 2 saturated heterocycles. The molecule has 0 radical (unpaired) electrons. The number of hydrogen-bond donors (Lipinski definition) is 0. The Morgan fingerprint density at radius 1 is 1.09 bits per heavy atom. The van der Waals surface area contributed by atoms with Gasteiger partial charge in [-0.05, 0) is 31.0 Å². The van der Waals surface area contributed by atoms with Gasteiger partial charge >= 0.3 is 0 Å². The third-order valence-electron chi connectivity index (χ3n) is 6.36. The van der Waals surface area contributed by atoms with Crippen molar-refractivity contribution >= 4 is 17.3 Å². The van der Waals surface area contributed by atoms with Crippen molar-refractivity contribution in [3.05, 3.63) is 36.5 Å². The van der Waals surface area contributed by atoms with E-state index in [9.17, 15) is 4.79 Å². The van der Waals surface area contributed by atoms with Crippen LogP contribution in [0.4, 0.5) is 11.4 Å². The Morgan fingerprint density at radius 2 is 1.97 bits per heavy atom. The van der Waals surface area contributed by atoms with Gasteiger partial charge in [-0.2, -0.15) is 0 Å². The van der Waals surface area contributed by atoms with E-state index in [1.165, 1.54) is 0 Å². The lowest BCUT2D eigenvalue weighted by atomic mass is 9.99. The molecule has 0 N–H and O–H groups in total. The van der Waals surface area contributed by atoms with E-state index in [0.717, 1.165) is 55.2 Å². The van der Waals surface area contributed by atoms with Crippen LogP contribution >= 0.6 is 0 Å². The molecule has 4 heterocycles. The molecule has 2 aromatic rings. The second-order valence-electron chi connectivity index (χ2n) is 8.39. The predicted molar refractivity (Wildman–Crippen MR) is 119 cm³/mol. The first kappa shape index (κ1) is 20.9. The first-order valence-corrected chi connectivity index (χ1v) is 11.3. The maximum atomic E-state index is 12.8. The number of rotatable bonds is 5. The number of aromatic nitrogens is 1. The van der Waals surface area contributed by atoms with Crippen molar-refractivity contribution in [3.8, 4) is 17.4 Å². The smallest absolute Gasteiger partial charge is 0.225 e. The van der Waals surface area contributed by atoms with Crippen LogP contribution in [0.3, 0.4) is 0 Å². The summed E-state index contributed by atoms with van der Waals surface area (Å²) in [6.45, 7) is 4.07. The molecule has 1 aromatic carbocycles. The first-order valence-electron chi connectivity index (χ1n) is 11.3. The van der Waals surface area contributed by atoms with Crippen molar-refractivity contribution in [1.82, 2.24) is 9.88 Å². The first-order chi connectivity index (χ1) is 15.7. The lowest BCUT2D eigenvalue weighted by Crippen LogP contribution is -2.38. The largest absolute Gasteiger partial charge is 0.490 e. The minimum Gasteiger partial charge on any atom is -0.490 e. The molecule has 0 bridgehead atoms. The van der Waals surface area contributed by atoms with Gasteiger partial charge in [0, 0.05) is 56.1 Å². The average Bonchev–Trinajstić information content (AvgIpc) is 3.32. The van der Waals surface area contributed by atoms with Crippen molar-refractivity contribution in [3.63, 3.8) is 0 Å². The summed E-state index contributed by atoms with van der Waals surface area (Å²) in [5, 5.41) is 0. The highest BCUT2D eigenvalue weighted by molar-refractivity contribution is 5.79. The normalized spacial score (nSPS) is 21.1. The van der Waals surface area contributed by atoms with Gasteiger partial charge in [0.2, 0.25) is 11.8 Å². The number of amides is 1. The zero-order valence-electron chi connectivity index (χ0n) is 18.4. The van der Waals surface area contributed by atoms with E-state index >= 15 is 0 Å². The summed E-state index contributed by atoms with van der Waals surface area (Å²) in [6, 6.07) is 9.79. The minimum absolute atomic E-state index is 0.00387. The van der Waals surface area contributed by atoms with Crippen molar-refractivity contribution in [2.45, 2.75) is 25.4 Å². The van der Waals surface area contributed by atoms with E-state index in [-0.39, 0.29) is 17.9 Å². The number of likely N-dealkylation sites (tertiary alicyclic amines) is 1. The van der Waals surface area contributed by atoms with Crippen LogP contribution in [0.2, 0.25) is 0 Å². The Hall–Kier alpha value is -3.00. The number of carbonyl (C=O) groups excluding carboxylic acids is 1. The zero-order chi connectivity index (χ0) is 21.9. The molecule has 1 atom stereocenters. The van der Waals surface area contributed by atoms with Crippen LogP contribution in [-0.2, 0) is 9.53 Å². The average molecular weight is 440 g/mol. The predicted octanol–water partition coefficient (Wildman–Crippen LogP) is 3.03. The molecule has 0 aliphatic carbocycles. The molecule has 170 valence electrons. The SMILES string of the molecule is COc1cc(N2CCOc3ccc(O[C@H]4CCN(C(=O)C5CCOCC5)C4)cc32)ccn1. The van der Waals surface area contributed by atoms with Crippen LogP contribution in [0.15, 0.2) is 36.5 Å². The Bertz CT molecular complexity index is 962. The van der Waals surface area contributed by atoms with Gasteiger partial charge in [0.15, 0.2) is 0 Å². The molecular weight excluding hydrogens is 410 g/mol. The van der Waals surface area contributed by atoms with E-state index in [1.807, 2.05) is 35.2 Å². The summed E-state index contributed by atoms with van der Waals surface area (Å²) in [5.74, 6) is 2.52. The number of anilines is 2. The molecule has 0 spiro atoms. The highest BCUT2D eigenvalue weighted by atomic mass is 16.5. The third-order valence-corrected chi connectivity index (χ3v) is 6.36. The number of nitrogens with zero attached hydrogens (tertiary/aromatic N) is 3.